The van der Waals surface area contributed by atoms with Gasteiger partial charge in [0.15, 0.2) is 0 Å². The van der Waals surface area contributed by atoms with Crippen LogP contribution in [0.4, 0.5) is 0 Å². The minimum Gasteiger partial charge on any atom is -0.335 e. The van der Waals surface area contributed by atoms with Crippen LogP contribution in [0.2, 0.25) is 0 Å². The Labute approximate surface area is 97.1 Å². The van der Waals surface area contributed by atoms with Gasteiger partial charge in [-0.15, -0.1) is 0 Å². The fourth-order valence-corrected chi connectivity index (χ4v) is 2.63. The largest absolute Gasteiger partial charge is 0.335 e. The molecule has 0 atom stereocenters. The normalized spacial score (nSPS) is 17.3. The van der Waals surface area contributed by atoms with Crippen molar-refractivity contribution in [2.45, 2.75) is 51.4 Å². The van der Waals surface area contributed by atoms with E-state index in [-0.39, 0.29) is 0 Å². The second-order valence-corrected chi connectivity index (χ2v) is 4.73. The van der Waals surface area contributed by atoms with Gasteiger partial charge < -0.3 is 4.57 Å². The Bertz CT molecular complexity index is 406. The predicted molar refractivity (Wildman–Crippen MR) is 63.1 cm³/mol. The second kappa shape index (κ2) is 4.69. The molecule has 1 heterocycles. The summed E-state index contributed by atoms with van der Waals surface area (Å²) in [5.41, 5.74) is 2.12. The molecule has 1 aliphatic carbocycles. The van der Waals surface area contributed by atoms with Crippen LogP contribution in [0, 0.1) is 18.3 Å². The molecule has 1 fully saturated rings. The SMILES string of the molecule is Cc1c(CC#N)nc(C2CCCCC2)n1C. The maximum Gasteiger partial charge on any atom is 0.112 e. The fraction of sp³-hybridized carbons (Fsp3) is 0.692. The molecule has 0 spiro atoms. The van der Waals surface area contributed by atoms with E-state index in [1.807, 2.05) is 0 Å². The highest BCUT2D eigenvalue weighted by Gasteiger charge is 2.21. The van der Waals surface area contributed by atoms with Crippen molar-refractivity contribution in [2.75, 3.05) is 0 Å². The number of rotatable bonds is 2. The van der Waals surface area contributed by atoms with Crippen molar-refractivity contribution in [3.63, 3.8) is 0 Å². The summed E-state index contributed by atoms with van der Waals surface area (Å²) in [6.07, 6.45) is 6.97. The van der Waals surface area contributed by atoms with E-state index in [2.05, 4.69) is 29.6 Å². The molecule has 3 heteroatoms. The molecule has 16 heavy (non-hydrogen) atoms. The molecule has 0 aromatic carbocycles. The van der Waals surface area contributed by atoms with E-state index < -0.39 is 0 Å². The summed E-state index contributed by atoms with van der Waals surface area (Å²) in [6.45, 7) is 2.06. The fourth-order valence-electron chi connectivity index (χ4n) is 2.63. The van der Waals surface area contributed by atoms with Crippen molar-refractivity contribution < 1.29 is 0 Å². The number of aromatic nitrogens is 2. The van der Waals surface area contributed by atoms with Gasteiger partial charge >= 0.3 is 0 Å². The molecule has 1 aromatic rings. The third-order valence-electron chi connectivity index (χ3n) is 3.73. The van der Waals surface area contributed by atoms with Crippen LogP contribution in [0.5, 0.6) is 0 Å². The molecule has 86 valence electrons. The van der Waals surface area contributed by atoms with Crippen molar-refractivity contribution in [3.05, 3.63) is 17.2 Å². The zero-order valence-corrected chi connectivity index (χ0v) is 10.2. The van der Waals surface area contributed by atoms with E-state index in [0.717, 1.165) is 11.4 Å². The van der Waals surface area contributed by atoms with E-state index >= 15 is 0 Å². The van der Waals surface area contributed by atoms with Gasteiger partial charge in [-0.3, -0.25) is 0 Å². The zero-order chi connectivity index (χ0) is 11.5. The summed E-state index contributed by atoms with van der Waals surface area (Å²) in [6, 6.07) is 2.19. The molecule has 0 aliphatic heterocycles. The Kier molecular flexibility index (Phi) is 3.28. The van der Waals surface area contributed by atoms with Crippen molar-refractivity contribution in [1.82, 2.24) is 9.55 Å². The number of hydrogen-bond acceptors (Lipinski definition) is 2. The molecular weight excluding hydrogens is 198 g/mol. The highest BCUT2D eigenvalue weighted by atomic mass is 15.1. The van der Waals surface area contributed by atoms with E-state index in [9.17, 15) is 0 Å². The number of nitriles is 1. The van der Waals surface area contributed by atoms with Crippen molar-refractivity contribution in [1.29, 1.82) is 5.26 Å². The third-order valence-corrected chi connectivity index (χ3v) is 3.73. The van der Waals surface area contributed by atoms with Crippen molar-refractivity contribution >= 4 is 0 Å². The minimum atomic E-state index is 0.437. The Morgan fingerprint density at radius 2 is 2.06 bits per heavy atom. The molecule has 3 nitrogen and oxygen atoms in total. The lowest BCUT2D eigenvalue weighted by Gasteiger charge is -2.21. The molecule has 1 aliphatic rings. The van der Waals surface area contributed by atoms with E-state index in [1.165, 1.54) is 37.9 Å². The Hall–Kier alpha value is -1.30. The van der Waals surface area contributed by atoms with Crippen LogP contribution in [0.1, 0.15) is 55.2 Å². The smallest absolute Gasteiger partial charge is 0.112 e. The van der Waals surface area contributed by atoms with E-state index in [4.69, 9.17) is 5.26 Å². The first-order valence-electron chi connectivity index (χ1n) is 6.13. The van der Waals surface area contributed by atoms with Crippen LogP contribution >= 0.6 is 0 Å². The Balaban J connectivity index is 2.26. The second-order valence-electron chi connectivity index (χ2n) is 4.73. The standard InChI is InChI=1S/C13H19N3/c1-10-12(8-9-14)15-13(16(10)2)11-6-4-3-5-7-11/h11H,3-8H2,1-2H3. The van der Waals surface area contributed by atoms with Crippen LogP contribution in [0.3, 0.4) is 0 Å². The van der Waals surface area contributed by atoms with Crippen LogP contribution < -0.4 is 0 Å². The maximum absolute atomic E-state index is 8.76. The lowest BCUT2D eigenvalue weighted by atomic mass is 9.89. The first kappa shape index (κ1) is 11.2. The quantitative estimate of drug-likeness (QED) is 0.764. The van der Waals surface area contributed by atoms with Crippen molar-refractivity contribution in [3.8, 4) is 6.07 Å². The van der Waals surface area contributed by atoms with Crippen molar-refractivity contribution in [2.24, 2.45) is 7.05 Å². The molecule has 0 radical (unpaired) electrons. The molecule has 0 amide bonds. The Morgan fingerprint density at radius 3 is 2.69 bits per heavy atom. The summed E-state index contributed by atoms with van der Waals surface area (Å²) >= 11 is 0. The Morgan fingerprint density at radius 1 is 1.38 bits per heavy atom. The average molecular weight is 217 g/mol. The summed E-state index contributed by atoms with van der Waals surface area (Å²) in [5.74, 6) is 1.81. The minimum absolute atomic E-state index is 0.437. The van der Waals surface area contributed by atoms with E-state index in [1.54, 1.807) is 0 Å². The maximum atomic E-state index is 8.76. The molecule has 0 saturated heterocycles. The highest BCUT2D eigenvalue weighted by molar-refractivity contribution is 5.20. The highest BCUT2D eigenvalue weighted by Crippen LogP contribution is 2.32. The van der Waals surface area contributed by atoms with Gasteiger partial charge in [0.25, 0.3) is 0 Å². The van der Waals surface area contributed by atoms with Gasteiger partial charge in [-0.2, -0.15) is 5.26 Å². The summed E-state index contributed by atoms with van der Waals surface area (Å²) in [5, 5.41) is 8.76. The van der Waals surface area contributed by atoms with Crippen LogP contribution in [0.25, 0.3) is 0 Å². The molecule has 2 rings (SSSR count). The molecule has 0 unspecified atom stereocenters. The molecule has 0 N–H and O–H groups in total. The van der Waals surface area contributed by atoms with Gasteiger partial charge in [-0.05, 0) is 19.8 Å². The van der Waals surface area contributed by atoms with Crippen LogP contribution in [-0.2, 0) is 13.5 Å². The molecule has 0 bridgehead atoms. The van der Waals surface area contributed by atoms with Gasteiger partial charge in [0.05, 0.1) is 18.2 Å². The average Bonchev–Trinajstić information content (AvgIpc) is 2.59. The van der Waals surface area contributed by atoms with Gasteiger partial charge in [-0.25, -0.2) is 4.98 Å². The van der Waals surface area contributed by atoms with Gasteiger partial charge in [0, 0.05) is 18.7 Å². The zero-order valence-electron chi connectivity index (χ0n) is 10.2. The van der Waals surface area contributed by atoms with Crippen LogP contribution in [-0.4, -0.2) is 9.55 Å². The van der Waals surface area contributed by atoms with Gasteiger partial charge in [0.2, 0.25) is 0 Å². The first-order valence-corrected chi connectivity index (χ1v) is 6.13. The van der Waals surface area contributed by atoms with E-state index in [0.29, 0.717) is 12.3 Å². The lowest BCUT2D eigenvalue weighted by Crippen LogP contribution is -2.10. The predicted octanol–water partition coefficient (Wildman–Crippen LogP) is 2.84. The lowest BCUT2D eigenvalue weighted by molar-refractivity contribution is 0.420. The molecule has 1 saturated carbocycles. The number of imidazole rings is 1. The van der Waals surface area contributed by atoms with Gasteiger partial charge in [0.1, 0.15) is 5.82 Å². The first-order chi connectivity index (χ1) is 7.74. The number of hydrogen-bond donors (Lipinski definition) is 0. The summed E-state index contributed by atoms with van der Waals surface area (Å²) in [4.78, 5) is 4.66. The molecule has 1 aromatic heterocycles. The topological polar surface area (TPSA) is 41.6 Å². The number of nitrogens with zero attached hydrogens (tertiary/aromatic N) is 3. The van der Waals surface area contributed by atoms with Crippen LogP contribution in [0.15, 0.2) is 0 Å². The van der Waals surface area contributed by atoms with Gasteiger partial charge in [-0.1, -0.05) is 19.3 Å². The third kappa shape index (κ3) is 1.97. The summed E-state index contributed by atoms with van der Waals surface area (Å²) in [7, 11) is 2.08. The summed E-state index contributed by atoms with van der Waals surface area (Å²) < 4.78 is 2.18. The monoisotopic (exact) mass is 217 g/mol. The molecular formula is C13H19N3.